The van der Waals surface area contributed by atoms with E-state index < -0.39 is 35.6 Å². The van der Waals surface area contributed by atoms with Gasteiger partial charge < -0.3 is 138 Å². The van der Waals surface area contributed by atoms with Crippen molar-refractivity contribution in [2.75, 3.05) is 80.3 Å². The molecule has 0 radical (unpaired) electrons. The number of hydrogen-bond donors (Lipinski definition) is 2. The van der Waals surface area contributed by atoms with E-state index in [0.717, 1.165) is 98.0 Å². The molecular weight excluding hydrogens is 1570 g/mol. The Morgan fingerprint density at radius 3 is 0.828 bits per heavy atom. The minimum Gasteiger partial charge on any atom is -0.520 e. The molecule has 3 saturated heterocycles. The minimum atomic E-state index is -1.48. The largest absolute Gasteiger partial charge is 0.670 e. The fourth-order valence-corrected chi connectivity index (χ4v) is 10.5. The lowest BCUT2D eigenvalue weighted by Gasteiger charge is -2.27. The molecule has 0 unspecified atom stereocenters. The van der Waals surface area contributed by atoms with Crippen molar-refractivity contribution in [3.8, 4) is 11.5 Å². The van der Waals surface area contributed by atoms with Gasteiger partial charge >= 0.3 is 78.3 Å². The molecule has 122 heavy (non-hydrogen) atoms. The van der Waals surface area contributed by atoms with E-state index >= 15 is 0 Å². The summed E-state index contributed by atoms with van der Waals surface area (Å²) < 4.78 is 150. The Bertz CT molecular complexity index is 4180. The summed E-state index contributed by atoms with van der Waals surface area (Å²) in [7, 11) is -3.05. The monoisotopic (exact) mass is 1680 g/mol. The lowest BCUT2D eigenvalue weighted by atomic mass is 9.66. The third-order valence-corrected chi connectivity index (χ3v) is 16.3. The SMILES string of the molecule is CCCCOB(OCCCC)c1ccco1.CCCOB(OCCC)c1ccco1.CCOB(OCC)c1ccco1.COB(OC)c1ccco1.OB(O)c1ccco1.c1ccc(OB(Oc2ccccc2)c2ccco2)cc1.c1coc(B2OB(c3ccco3)OB(c3ccco3)O2)c1.c1coc(B2OCCCO2)c1.c1coc(B2OCCO2)c1. The molecule has 41 heteroatoms. The molecule has 3 fully saturated rings. The molecule has 2 N–H and O–H groups in total. The van der Waals surface area contributed by atoms with Gasteiger partial charge in [0.05, 0.1) is 82.1 Å². The Labute approximate surface area is 715 Å². The maximum atomic E-state index is 8.37. The minimum absolute atomic E-state index is 0.171. The van der Waals surface area contributed by atoms with Crippen molar-refractivity contribution in [1.29, 1.82) is 0 Å². The zero-order valence-corrected chi connectivity index (χ0v) is 70.0. The topological polar surface area (TPSA) is 342 Å². The number of benzene rings is 2. The molecule has 0 saturated carbocycles. The maximum Gasteiger partial charge on any atom is 0.670 e. The Kier molecular flexibility index (Phi) is 47.9. The van der Waals surface area contributed by atoms with E-state index in [1.807, 2.05) is 147 Å². The van der Waals surface area contributed by atoms with E-state index in [1.165, 1.54) is 12.3 Å². The first-order valence-electron chi connectivity index (χ1n) is 40.4. The molecule has 16 rings (SSSR count). The van der Waals surface area contributed by atoms with E-state index in [4.69, 9.17) is 133 Å². The molecule has 11 aromatic heterocycles. The Balaban J connectivity index is 0.000000173. The summed E-state index contributed by atoms with van der Waals surface area (Å²) in [6.45, 7) is 19.1. The number of furan rings is 11. The van der Waals surface area contributed by atoms with Gasteiger partial charge in [0, 0.05) is 67.1 Å². The van der Waals surface area contributed by atoms with E-state index in [1.54, 1.807) is 131 Å². The first-order chi connectivity index (χ1) is 60.1. The van der Waals surface area contributed by atoms with Gasteiger partial charge in [0.25, 0.3) is 0 Å². The van der Waals surface area contributed by atoms with Gasteiger partial charge in [-0.2, -0.15) is 0 Å². The van der Waals surface area contributed by atoms with Crippen molar-refractivity contribution in [1.82, 2.24) is 0 Å². The second-order valence-corrected chi connectivity index (χ2v) is 25.5. The van der Waals surface area contributed by atoms with Crippen LogP contribution in [0.2, 0.25) is 0 Å². The molecule has 2 aromatic carbocycles. The van der Waals surface area contributed by atoms with Crippen LogP contribution >= 0.6 is 0 Å². The van der Waals surface area contributed by atoms with Gasteiger partial charge in [-0.25, -0.2) is 0 Å². The highest BCUT2D eigenvalue weighted by molar-refractivity contribution is 6.86. The third-order valence-electron chi connectivity index (χ3n) is 16.3. The summed E-state index contributed by atoms with van der Waals surface area (Å²) in [5, 5.41) is 16.7. The van der Waals surface area contributed by atoms with Crippen LogP contribution in [0.15, 0.2) is 312 Å². The predicted molar refractivity (Wildman–Crippen MR) is 467 cm³/mol. The van der Waals surface area contributed by atoms with Crippen molar-refractivity contribution in [3.63, 3.8) is 0 Å². The standard InChI is InChI=1S/C16H13BO3.C12H9B3O6.C12H21BO3.C10H17BO3.C8H13BO3.C7H9BO3.C6H7BO3.C6H9BO3.C4H5BO3/c1-3-8-14(9-4-1)19-17(16-12-7-13-18-16)20-15-10-5-2-6-11-15;1-4-10(16-7-1)13-19-14(11-5-2-8-17-11)21-15(20-13)12-6-3-9-18-12;1-3-5-10-15-13(16-11-6-4-2)12-8-7-9-14-12;1-3-7-13-11(14-8-4-2)10-6-5-9-12-10;1-3-11-9(12-4-2)8-6-5-7-10-8;1-3-7(9-4-1)8-10-5-2-6-11-8;1-2-6(8-3-1)7-9-4-5-10-7;1-8-7(9-2)6-4-3-5-10-6;6-5(7)4-2-1-3-8-4/h1-13H;1-9H;7-9H,3-6,10-11H2,1-2H3;5-6,9H,3-4,7-8H2,1-2H3;5-7H,3-4H2,1-2H3;1,3-4H,2,5-6H2;1-3H,4-5H2;3-5H,1-2H3;1-3,6-7H. The van der Waals surface area contributed by atoms with Crippen LogP contribution in [0, 0.1) is 0 Å². The fourth-order valence-electron chi connectivity index (χ4n) is 10.5. The Hall–Kier alpha value is -9.85. The average molecular weight is 1680 g/mol. The smallest absolute Gasteiger partial charge is 0.520 e. The van der Waals surface area contributed by atoms with Crippen LogP contribution < -0.4 is 71.6 Å². The first kappa shape index (κ1) is 97.6. The first-order valence-corrected chi connectivity index (χ1v) is 40.4. The zero-order chi connectivity index (χ0) is 86.1. The average Bonchev–Trinajstić information content (AvgIpc) is 1.79. The zero-order valence-electron chi connectivity index (χ0n) is 70.0. The Morgan fingerprint density at radius 1 is 0.279 bits per heavy atom. The van der Waals surface area contributed by atoms with Gasteiger partial charge in [-0.05, 0) is 204 Å². The highest BCUT2D eigenvalue weighted by Crippen LogP contribution is 2.16. The second-order valence-electron chi connectivity index (χ2n) is 25.5. The normalized spacial score (nSPS) is 12.5. The van der Waals surface area contributed by atoms with Gasteiger partial charge in [-0.3, -0.25) is 0 Å². The van der Waals surface area contributed by atoms with Crippen molar-refractivity contribution in [2.24, 2.45) is 0 Å². The van der Waals surface area contributed by atoms with Crippen molar-refractivity contribution >= 4 is 141 Å². The highest BCUT2D eigenvalue weighted by atomic mass is 16.7. The van der Waals surface area contributed by atoms with Gasteiger partial charge in [-0.15, -0.1) is 0 Å². The summed E-state index contributed by atoms with van der Waals surface area (Å²) in [4.78, 5) is 0. The summed E-state index contributed by atoms with van der Waals surface area (Å²) in [5.41, 5.74) is 6.84. The lowest BCUT2D eigenvalue weighted by Crippen LogP contribution is -2.60. The molecule has 0 atom stereocenters. The van der Waals surface area contributed by atoms with E-state index in [9.17, 15) is 0 Å². The van der Waals surface area contributed by atoms with Crippen molar-refractivity contribution in [2.45, 2.75) is 86.5 Å². The number of unbranched alkanes of at least 4 members (excludes halogenated alkanes) is 2. The summed E-state index contributed by atoms with van der Waals surface area (Å²) in [6.07, 6.45) is 24.6. The summed E-state index contributed by atoms with van der Waals surface area (Å²) >= 11 is 0. The maximum absolute atomic E-state index is 8.37. The number of hydrogen-bond acceptors (Lipinski definition) is 30. The molecule has 0 amide bonds. The Morgan fingerprint density at radius 2 is 0.557 bits per heavy atom. The molecule has 0 bridgehead atoms. The molecule has 14 heterocycles. The summed E-state index contributed by atoms with van der Waals surface area (Å²) in [6, 6.07) is 58.4. The molecule has 0 aliphatic carbocycles. The van der Waals surface area contributed by atoms with Gasteiger partial charge in [0.2, 0.25) is 0 Å². The predicted octanol–water partition coefficient (Wildman–Crippen LogP) is 8.29. The van der Waals surface area contributed by atoms with Gasteiger partial charge in [-0.1, -0.05) is 76.9 Å². The number of rotatable bonds is 35. The molecule has 640 valence electrons. The van der Waals surface area contributed by atoms with Crippen LogP contribution in [0.4, 0.5) is 0 Å². The molecule has 3 aliphatic rings. The lowest BCUT2D eigenvalue weighted by molar-refractivity contribution is 0.140. The summed E-state index contributed by atoms with van der Waals surface area (Å²) in [5.74, 6) is 1.45. The van der Waals surface area contributed by atoms with Crippen LogP contribution in [0.3, 0.4) is 0 Å². The van der Waals surface area contributed by atoms with Crippen molar-refractivity contribution in [3.05, 3.63) is 263 Å². The second kappa shape index (κ2) is 59.8. The van der Waals surface area contributed by atoms with Crippen LogP contribution in [0.5, 0.6) is 11.5 Å². The van der Waals surface area contributed by atoms with Gasteiger partial charge in [0.15, 0.2) is 5.66 Å². The quantitative estimate of drug-likeness (QED) is 0.0278. The molecule has 30 nitrogen and oxygen atoms in total. The van der Waals surface area contributed by atoms with Crippen LogP contribution in [-0.2, 0) is 69.6 Å². The number of para-hydroxylation sites is 2. The van der Waals surface area contributed by atoms with E-state index in [0.29, 0.717) is 81.2 Å². The third kappa shape index (κ3) is 36.3. The molecule has 13 aromatic rings. The van der Waals surface area contributed by atoms with Crippen LogP contribution in [0.1, 0.15) is 86.5 Å². The molecule has 0 spiro atoms. The van der Waals surface area contributed by atoms with E-state index in [-0.39, 0.29) is 48.4 Å². The van der Waals surface area contributed by atoms with Crippen LogP contribution in [0.25, 0.3) is 0 Å². The van der Waals surface area contributed by atoms with E-state index in [2.05, 4.69) is 32.1 Å². The van der Waals surface area contributed by atoms with Crippen LogP contribution in [-0.4, -0.2) is 169 Å². The fraction of sp³-hybridized carbons (Fsp3) is 0.309. The highest BCUT2D eigenvalue weighted by Gasteiger charge is 2.47. The van der Waals surface area contributed by atoms with Gasteiger partial charge in [0.1, 0.15) is 68.1 Å². The molecular formula is C81H103B11O30. The molecule has 3 aliphatic heterocycles. The van der Waals surface area contributed by atoms with Crippen molar-refractivity contribution < 1.29 is 138 Å².